The predicted molar refractivity (Wildman–Crippen MR) is 336 cm³/mol. The first kappa shape index (κ1) is 91.9. The van der Waals surface area contributed by atoms with Crippen LogP contribution in [0.25, 0.3) is 0 Å². The molecule has 9 rings (SSSR count). The summed E-state index contributed by atoms with van der Waals surface area (Å²) in [7, 11) is 0. The Balaban J connectivity index is -0.0000000993. The summed E-state index contributed by atoms with van der Waals surface area (Å²) in [5, 5.41) is 36.0. The molecule has 0 fully saturated rings. The van der Waals surface area contributed by atoms with Crippen molar-refractivity contribution >= 4 is 0 Å². The van der Waals surface area contributed by atoms with E-state index in [1.54, 1.807) is 106 Å². The number of rotatable bonds is 0. The van der Waals surface area contributed by atoms with E-state index in [1.807, 2.05) is 204 Å². The summed E-state index contributed by atoms with van der Waals surface area (Å²) in [4.78, 5) is 41.9. The second-order valence-electron chi connectivity index (χ2n) is 11.9. The minimum atomic E-state index is 0.711. The van der Waals surface area contributed by atoms with E-state index in [0.717, 1.165) is 45.4 Å². The molecule has 0 atom stereocenters. The van der Waals surface area contributed by atoms with Gasteiger partial charge in [0, 0.05) is 73.9 Å². The molecular formula is C60H105N21. The maximum Gasteiger partial charge on any atom is 0.147 e. The summed E-state index contributed by atoms with van der Waals surface area (Å²) in [6, 6.07) is 9.34. The van der Waals surface area contributed by atoms with E-state index in [-0.39, 0.29) is 0 Å². The average molecular weight is 1120 g/mol. The largest absolute Gasteiger partial charge is 0.261 e. The van der Waals surface area contributed by atoms with Gasteiger partial charge in [-0.25, -0.2) is 44.9 Å². The van der Waals surface area contributed by atoms with Crippen molar-refractivity contribution in [1.82, 2.24) is 106 Å². The number of nitrogens with zero attached hydrogens (tertiary/aromatic N) is 21. The molecule has 0 aliphatic carbocycles. The standard InChI is InChI=1S/6C5H6N2.3C4H5N3.9C2H6/c1-5-2-6-4-7-3-5;1-5-4-6-2-3-7-5;1-5-2-3-6-4-7-5;1-5-2-3-6-7-4-5;1-5-6-3-2-4-7-5;1-5-3-2-4-6-7-5;1-4-2-6-7-3-5-4;1-4-2-5-3-6-7-4;1-4-5-2-3-6-7-4;9*1-2/h6*2-4H,1H3;3*2-3H,1H3;9*1-2H3. The van der Waals surface area contributed by atoms with E-state index in [2.05, 4.69) is 106 Å². The van der Waals surface area contributed by atoms with Gasteiger partial charge in [0.1, 0.15) is 37.0 Å². The van der Waals surface area contributed by atoms with Gasteiger partial charge in [0.05, 0.1) is 47.6 Å². The molecule has 0 spiro atoms. The highest BCUT2D eigenvalue weighted by Gasteiger charge is 1.80. The fourth-order valence-electron chi connectivity index (χ4n) is 3.14. The van der Waals surface area contributed by atoms with E-state index < -0.39 is 0 Å². The first-order valence-electron chi connectivity index (χ1n) is 27.7. The number of hydrogen-bond acceptors (Lipinski definition) is 21. The highest BCUT2D eigenvalue weighted by molar-refractivity contribution is 5.00. The van der Waals surface area contributed by atoms with E-state index in [0.29, 0.717) is 5.82 Å². The zero-order valence-corrected chi connectivity index (χ0v) is 54.7. The third-order valence-electron chi connectivity index (χ3n) is 6.06. The molecule has 81 heavy (non-hydrogen) atoms. The zero-order valence-electron chi connectivity index (χ0n) is 54.7. The van der Waals surface area contributed by atoms with Crippen molar-refractivity contribution in [1.29, 1.82) is 0 Å². The molecule has 0 radical (unpaired) electrons. The lowest BCUT2D eigenvalue weighted by Crippen LogP contribution is -1.85. The minimum absolute atomic E-state index is 0.711. The average Bonchev–Trinajstić information content (AvgIpc) is 3.55. The fourth-order valence-corrected chi connectivity index (χ4v) is 3.14. The van der Waals surface area contributed by atoms with Gasteiger partial charge in [0.25, 0.3) is 0 Å². The molecule has 9 heterocycles. The molecule has 450 valence electrons. The van der Waals surface area contributed by atoms with Crippen LogP contribution < -0.4 is 0 Å². The molecule has 0 saturated heterocycles. The molecule has 0 N–H and O–H groups in total. The molecule has 9 aromatic rings. The van der Waals surface area contributed by atoms with E-state index in [9.17, 15) is 0 Å². The van der Waals surface area contributed by atoms with Crippen molar-refractivity contribution in [2.24, 2.45) is 0 Å². The van der Waals surface area contributed by atoms with Gasteiger partial charge >= 0.3 is 0 Å². The quantitative estimate of drug-likeness (QED) is 0.136. The lowest BCUT2D eigenvalue weighted by Gasteiger charge is -1.81. The smallest absolute Gasteiger partial charge is 0.147 e. The SMILES string of the molecule is CC.CC.CC.CC.CC.CC.CC.CC.CC.Cc1cccnn1.Cc1ccncn1.Cc1ccnnc1.Cc1cnccn1.Cc1cncnc1.Cc1cncnn1.Cc1cnncn1.Cc1ncccn1.Cc1nccnn1. The minimum Gasteiger partial charge on any atom is -0.261 e. The van der Waals surface area contributed by atoms with E-state index in [4.69, 9.17) is 0 Å². The molecular weight excluding hydrogens is 1010 g/mol. The summed E-state index contributed by atoms with van der Waals surface area (Å²) in [5.41, 5.74) is 6.93. The topological polar surface area (TPSA) is 271 Å². The van der Waals surface area contributed by atoms with Crippen LogP contribution in [-0.4, -0.2) is 106 Å². The van der Waals surface area contributed by atoms with Crippen molar-refractivity contribution in [3.63, 3.8) is 0 Å². The third kappa shape index (κ3) is 85.7. The highest BCUT2D eigenvalue weighted by atomic mass is 15.1. The fraction of sp³-hybridized carbons (Fsp3) is 0.450. The van der Waals surface area contributed by atoms with Gasteiger partial charge in [0.2, 0.25) is 0 Å². The molecule has 0 aliphatic rings. The molecule has 9 aromatic heterocycles. The Labute approximate surface area is 490 Å². The van der Waals surface area contributed by atoms with Crippen molar-refractivity contribution in [3.05, 3.63) is 200 Å². The Morgan fingerprint density at radius 3 is 0.951 bits per heavy atom. The van der Waals surface area contributed by atoms with Crippen LogP contribution in [-0.2, 0) is 0 Å². The van der Waals surface area contributed by atoms with Crippen molar-refractivity contribution < 1.29 is 0 Å². The van der Waals surface area contributed by atoms with Crippen LogP contribution in [0.1, 0.15) is 176 Å². The summed E-state index contributed by atoms with van der Waals surface area (Å²) in [6.45, 7) is 53.1. The van der Waals surface area contributed by atoms with Gasteiger partial charge in [-0.3, -0.25) is 9.97 Å². The number of aromatic nitrogens is 21. The van der Waals surface area contributed by atoms with E-state index >= 15 is 0 Å². The molecule has 0 bridgehead atoms. The summed E-state index contributed by atoms with van der Waals surface area (Å²) < 4.78 is 0. The van der Waals surface area contributed by atoms with Gasteiger partial charge in [-0.2, -0.15) is 35.7 Å². The molecule has 21 nitrogen and oxygen atoms in total. The summed E-state index contributed by atoms with van der Waals surface area (Å²) in [6.07, 6.45) is 31.2. The first-order chi connectivity index (χ1) is 39.5. The second-order valence-corrected chi connectivity index (χ2v) is 11.9. The van der Waals surface area contributed by atoms with Gasteiger partial charge in [-0.05, 0) is 104 Å². The molecule has 0 saturated carbocycles. The van der Waals surface area contributed by atoms with Crippen LogP contribution in [0.2, 0.25) is 0 Å². The van der Waals surface area contributed by atoms with Gasteiger partial charge in [-0.1, -0.05) is 125 Å². The van der Waals surface area contributed by atoms with Crippen molar-refractivity contribution in [3.8, 4) is 0 Å². The van der Waals surface area contributed by atoms with Gasteiger partial charge < -0.3 is 0 Å². The first-order valence-corrected chi connectivity index (χ1v) is 27.7. The molecule has 0 unspecified atom stereocenters. The number of aryl methyl sites for hydroxylation is 9. The normalized spacial score (nSPS) is 7.44. The predicted octanol–water partition coefficient (Wildman–Crippen LogP) is 14.5. The lowest BCUT2D eigenvalue weighted by atomic mass is 10.4. The molecule has 0 amide bonds. The summed E-state index contributed by atoms with van der Waals surface area (Å²) >= 11 is 0. The zero-order chi connectivity index (χ0) is 64.0. The van der Waals surface area contributed by atoms with E-state index in [1.165, 1.54) is 25.3 Å². The molecule has 0 aromatic carbocycles. The maximum atomic E-state index is 3.92. The van der Waals surface area contributed by atoms with Crippen molar-refractivity contribution in [2.45, 2.75) is 187 Å². The third-order valence-corrected chi connectivity index (χ3v) is 6.06. The van der Waals surface area contributed by atoms with Crippen LogP contribution in [0.5, 0.6) is 0 Å². The summed E-state index contributed by atoms with van der Waals surface area (Å²) in [5.74, 6) is 1.53. The van der Waals surface area contributed by atoms with Crippen LogP contribution in [0.3, 0.4) is 0 Å². The Morgan fingerprint density at radius 2 is 0.728 bits per heavy atom. The Morgan fingerprint density at radius 1 is 0.222 bits per heavy atom. The Hall–Kier alpha value is -8.49. The van der Waals surface area contributed by atoms with Crippen LogP contribution in [0.15, 0.2) is 149 Å². The highest BCUT2D eigenvalue weighted by Crippen LogP contribution is 1.87. The lowest BCUT2D eigenvalue weighted by molar-refractivity contribution is 0.907. The van der Waals surface area contributed by atoms with Crippen LogP contribution in [0, 0.1) is 62.3 Å². The van der Waals surface area contributed by atoms with Crippen molar-refractivity contribution in [2.75, 3.05) is 0 Å². The monoisotopic (exact) mass is 1120 g/mol. The molecule has 0 aliphatic heterocycles. The van der Waals surface area contributed by atoms with Gasteiger partial charge in [0.15, 0.2) is 0 Å². The van der Waals surface area contributed by atoms with Crippen LogP contribution in [0.4, 0.5) is 0 Å². The maximum absolute atomic E-state index is 3.92. The molecule has 21 heteroatoms. The second kappa shape index (κ2) is 88.1. The Kier molecular flexibility index (Phi) is 100. The number of hydrogen-bond donors (Lipinski definition) is 0. The van der Waals surface area contributed by atoms with Gasteiger partial charge in [-0.15, -0.1) is 15.3 Å². The Bertz CT molecular complexity index is 1770. The van der Waals surface area contributed by atoms with Crippen LogP contribution >= 0.6 is 0 Å².